The standard InChI is InChI=1S/C10H11NO2/c1-6(12)9-4-7-2-3-8(11)5-10(7)13-9/h2-3,5,9H,4,11H2,1H3. The Morgan fingerprint density at radius 3 is 3.08 bits per heavy atom. The molecule has 1 aromatic rings. The summed E-state index contributed by atoms with van der Waals surface area (Å²) in [4.78, 5) is 11.0. The Morgan fingerprint density at radius 1 is 1.62 bits per heavy atom. The van der Waals surface area contributed by atoms with E-state index < -0.39 is 0 Å². The molecule has 68 valence electrons. The molecule has 0 aromatic heterocycles. The fraction of sp³-hybridized carbons (Fsp3) is 0.300. The first kappa shape index (κ1) is 8.10. The molecule has 13 heavy (non-hydrogen) atoms. The minimum Gasteiger partial charge on any atom is -0.482 e. The van der Waals surface area contributed by atoms with Crippen LogP contribution in [0.1, 0.15) is 12.5 Å². The van der Waals surface area contributed by atoms with Crippen LogP contribution in [0.25, 0.3) is 0 Å². The van der Waals surface area contributed by atoms with Gasteiger partial charge in [0.15, 0.2) is 11.9 Å². The van der Waals surface area contributed by atoms with Gasteiger partial charge < -0.3 is 10.5 Å². The number of carbonyl (C=O) groups excluding carboxylic acids is 1. The maximum absolute atomic E-state index is 11.0. The largest absolute Gasteiger partial charge is 0.482 e. The molecule has 0 aliphatic carbocycles. The first-order chi connectivity index (χ1) is 6.16. The Bertz CT molecular complexity index is 360. The van der Waals surface area contributed by atoms with Crippen molar-refractivity contribution in [1.29, 1.82) is 0 Å². The third kappa shape index (κ3) is 1.37. The number of nitrogen functional groups attached to an aromatic ring is 1. The lowest BCUT2D eigenvalue weighted by Crippen LogP contribution is -2.21. The lowest BCUT2D eigenvalue weighted by atomic mass is 10.1. The molecule has 1 aromatic carbocycles. The number of Topliss-reactive ketones (excluding diaryl/α,β-unsaturated/α-hetero) is 1. The van der Waals surface area contributed by atoms with E-state index in [0.717, 1.165) is 11.3 Å². The molecular weight excluding hydrogens is 166 g/mol. The van der Waals surface area contributed by atoms with Crippen LogP contribution in [0.4, 0.5) is 5.69 Å². The molecule has 3 nitrogen and oxygen atoms in total. The van der Waals surface area contributed by atoms with E-state index >= 15 is 0 Å². The highest BCUT2D eigenvalue weighted by atomic mass is 16.5. The first-order valence-electron chi connectivity index (χ1n) is 4.22. The maximum Gasteiger partial charge on any atom is 0.170 e. The number of anilines is 1. The SMILES string of the molecule is CC(=O)C1Cc2ccc(N)cc2O1. The van der Waals surface area contributed by atoms with E-state index in [-0.39, 0.29) is 11.9 Å². The molecule has 0 bridgehead atoms. The van der Waals surface area contributed by atoms with Gasteiger partial charge >= 0.3 is 0 Å². The number of hydrogen-bond donors (Lipinski definition) is 1. The van der Waals surface area contributed by atoms with Crippen LogP contribution in [0.3, 0.4) is 0 Å². The molecule has 1 heterocycles. The van der Waals surface area contributed by atoms with Gasteiger partial charge in [-0.1, -0.05) is 6.07 Å². The van der Waals surface area contributed by atoms with Crippen LogP contribution < -0.4 is 10.5 Å². The summed E-state index contributed by atoms with van der Waals surface area (Å²) in [6, 6.07) is 5.50. The van der Waals surface area contributed by atoms with E-state index in [2.05, 4.69) is 0 Å². The summed E-state index contributed by atoms with van der Waals surface area (Å²) < 4.78 is 5.42. The number of rotatable bonds is 1. The van der Waals surface area contributed by atoms with E-state index in [4.69, 9.17) is 10.5 Å². The van der Waals surface area contributed by atoms with Gasteiger partial charge in [0.2, 0.25) is 0 Å². The summed E-state index contributed by atoms with van der Waals surface area (Å²) in [5.74, 6) is 0.815. The highest BCUT2D eigenvalue weighted by Gasteiger charge is 2.25. The molecule has 0 fully saturated rings. The summed E-state index contributed by atoms with van der Waals surface area (Å²) in [6.07, 6.45) is 0.363. The smallest absolute Gasteiger partial charge is 0.170 e. The van der Waals surface area contributed by atoms with Gasteiger partial charge in [-0.05, 0) is 18.6 Å². The molecule has 1 atom stereocenters. The number of hydrogen-bond acceptors (Lipinski definition) is 3. The van der Waals surface area contributed by atoms with Crippen molar-refractivity contribution in [3.63, 3.8) is 0 Å². The molecule has 2 rings (SSSR count). The average Bonchev–Trinajstić information content (AvgIpc) is 2.46. The van der Waals surface area contributed by atoms with Crippen LogP contribution in [-0.2, 0) is 11.2 Å². The molecule has 0 spiro atoms. The summed E-state index contributed by atoms with van der Waals surface area (Å²) in [7, 11) is 0. The van der Waals surface area contributed by atoms with E-state index in [9.17, 15) is 4.79 Å². The van der Waals surface area contributed by atoms with Crippen LogP contribution in [0.2, 0.25) is 0 Å². The Labute approximate surface area is 76.5 Å². The van der Waals surface area contributed by atoms with Crippen molar-refractivity contribution in [2.75, 3.05) is 5.73 Å². The average molecular weight is 177 g/mol. The van der Waals surface area contributed by atoms with Crippen molar-refractivity contribution in [1.82, 2.24) is 0 Å². The fourth-order valence-corrected chi connectivity index (χ4v) is 1.47. The van der Waals surface area contributed by atoms with Gasteiger partial charge in [0.25, 0.3) is 0 Å². The van der Waals surface area contributed by atoms with E-state index in [0.29, 0.717) is 12.1 Å². The third-order valence-corrected chi connectivity index (χ3v) is 2.22. The molecule has 0 saturated carbocycles. The maximum atomic E-state index is 11.0. The van der Waals surface area contributed by atoms with Crippen molar-refractivity contribution in [2.45, 2.75) is 19.4 Å². The van der Waals surface area contributed by atoms with Crippen LogP contribution >= 0.6 is 0 Å². The Kier molecular flexibility index (Phi) is 1.72. The number of carbonyl (C=O) groups is 1. The lowest BCUT2D eigenvalue weighted by Gasteiger charge is -2.05. The summed E-state index contributed by atoms with van der Waals surface area (Å²) in [6.45, 7) is 1.54. The second kappa shape index (κ2) is 2.76. The number of fused-ring (bicyclic) bond motifs is 1. The van der Waals surface area contributed by atoms with Gasteiger partial charge in [0.1, 0.15) is 5.75 Å². The van der Waals surface area contributed by atoms with E-state index in [1.54, 1.807) is 13.0 Å². The van der Waals surface area contributed by atoms with Gasteiger partial charge in [-0.2, -0.15) is 0 Å². The molecule has 0 radical (unpaired) electrons. The lowest BCUT2D eigenvalue weighted by molar-refractivity contribution is -0.122. The van der Waals surface area contributed by atoms with E-state index in [1.165, 1.54) is 0 Å². The van der Waals surface area contributed by atoms with Crippen molar-refractivity contribution >= 4 is 11.5 Å². The quantitative estimate of drug-likeness (QED) is 0.655. The van der Waals surface area contributed by atoms with Crippen molar-refractivity contribution in [2.24, 2.45) is 0 Å². The zero-order chi connectivity index (χ0) is 9.42. The fourth-order valence-electron chi connectivity index (χ4n) is 1.47. The molecule has 0 amide bonds. The van der Waals surface area contributed by atoms with Gasteiger partial charge in [-0.15, -0.1) is 0 Å². The highest BCUT2D eigenvalue weighted by molar-refractivity contribution is 5.82. The molecular formula is C10H11NO2. The number of nitrogens with two attached hydrogens (primary N) is 1. The van der Waals surface area contributed by atoms with Gasteiger partial charge in [-0.25, -0.2) is 0 Å². The topological polar surface area (TPSA) is 52.3 Å². The van der Waals surface area contributed by atoms with Crippen LogP contribution in [-0.4, -0.2) is 11.9 Å². The number of benzene rings is 1. The van der Waals surface area contributed by atoms with Crippen LogP contribution in [0.15, 0.2) is 18.2 Å². The second-order valence-electron chi connectivity index (χ2n) is 3.29. The summed E-state index contributed by atoms with van der Waals surface area (Å²) >= 11 is 0. The zero-order valence-electron chi connectivity index (χ0n) is 7.41. The highest BCUT2D eigenvalue weighted by Crippen LogP contribution is 2.30. The van der Waals surface area contributed by atoms with E-state index in [1.807, 2.05) is 12.1 Å². The third-order valence-electron chi connectivity index (χ3n) is 2.22. The molecule has 2 N–H and O–H groups in total. The molecule has 1 aliphatic rings. The van der Waals surface area contributed by atoms with Crippen molar-refractivity contribution in [3.05, 3.63) is 23.8 Å². The van der Waals surface area contributed by atoms with Crippen molar-refractivity contribution < 1.29 is 9.53 Å². The van der Waals surface area contributed by atoms with Crippen LogP contribution in [0, 0.1) is 0 Å². The summed E-state index contributed by atoms with van der Waals surface area (Å²) in [5, 5.41) is 0. The number of ether oxygens (including phenoxy) is 1. The Balaban J connectivity index is 2.30. The molecule has 1 aliphatic heterocycles. The monoisotopic (exact) mass is 177 g/mol. The summed E-state index contributed by atoms with van der Waals surface area (Å²) in [5.41, 5.74) is 7.32. The minimum absolute atomic E-state index is 0.0646. The predicted octanol–water partition coefficient (Wildman–Crippen LogP) is 1.16. The van der Waals surface area contributed by atoms with Gasteiger partial charge in [0.05, 0.1) is 0 Å². The Hall–Kier alpha value is -1.51. The minimum atomic E-state index is -0.309. The zero-order valence-corrected chi connectivity index (χ0v) is 7.41. The van der Waals surface area contributed by atoms with Crippen molar-refractivity contribution in [3.8, 4) is 5.75 Å². The molecule has 1 unspecified atom stereocenters. The second-order valence-corrected chi connectivity index (χ2v) is 3.29. The first-order valence-corrected chi connectivity index (χ1v) is 4.22. The van der Waals surface area contributed by atoms with Gasteiger partial charge in [0, 0.05) is 18.2 Å². The number of ketones is 1. The van der Waals surface area contributed by atoms with Gasteiger partial charge in [-0.3, -0.25) is 4.79 Å². The van der Waals surface area contributed by atoms with Crippen LogP contribution in [0.5, 0.6) is 5.75 Å². The molecule has 3 heteroatoms. The predicted molar refractivity (Wildman–Crippen MR) is 49.7 cm³/mol. The molecule has 0 saturated heterocycles. The Morgan fingerprint density at radius 2 is 2.38 bits per heavy atom. The normalized spacial score (nSPS) is 19.3.